The maximum atomic E-state index is 6.64. The molecule has 9 heteroatoms. The van der Waals surface area contributed by atoms with Crippen LogP contribution in [0.4, 0.5) is 11.4 Å². The molecule has 8 nitrogen and oxygen atoms in total. The van der Waals surface area contributed by atoms with Crippen molar-refractivity contribution in [2.24, 2.45) is 4.99 Å². The molecule has 0 spiro atoms. The van der Waals surface area contributed by atoms with Crippen LogP contribution in [0.5, 0.6) is 11.8 Å². The first-order valence-electron chi connectivity index (χ1n) is 15.6. The minimum atomic E-state index is -0.147. The van der Waals surface area contributed by atoms with E-state index in [0.717, 1.165) is 69.2 Å². The maximum Gasteiger partial charge on any atom is 0.321 e. The Kier molecular flexibility index (Phi) is 10.0. The molecule has 6 rings (SSSR count). The van der Waals surface area contributed by atoms with Gasteiger partial charge in [0.2, 0.25) is 0 Å². The Morgan fingerprint density at radius 3 is 2.27 bits per heavy atom. The van der Waals surface area contributed by atoms with E-state index < -0.39 is 0 Å². The highest BCUT2D eigenvalue weighted by molar-refractivity contribution is 6.44. The number of fused-ring (bicyclic) bond motifs is 4. The van der Waals surface area contributed by atoms with Crippen LogP contribution in [0.1, 0.15) is 36.1 Å². The predicted octanol–water partition coefficient (Wildman–Crippen LogP) is 7.10. The SMILES string of the molecule is C/C=C(Cl)\C1=N/C(C)Nc2cccc(c2)CCc2cc(CN3CCN(Cc4ccc(Oc5ncccn5)cc4)CC3)cc(c2)N1. The van der Waals surface area contributed by atoms with Crippen molar-refractivity contribution in [3.63, 3.8) is 0 Å². The van der Waals surface area contributed by atoms with Crippen molar-refractivity contribution < 1.29 is 4.74 Å². The number of allylic oxidation sites excluding steroid dienone is 1. The largest absolute Gasteiger partial charge is 0.424 e. The van der Waals surface area contributed by atoms with Crippen LogP contribution in [-0.4, -0.2) is 57.9 Å². The van der Waals surface area contributed by atoms with E-state index in [0.29, 0.717) is 16.9 Å². The lowest BCUT2D eigenvalue weighted by atomic mass is 10.0. The lowest BCUT2D eigenvalue weighted by Gasteiger charge is -2.35. The number of aliphatic imine (C=N–C) groups is 1. The fraction of sp³-hybridized carbons (Fsp3) is 0.306. The van der Waals surface area contributed by atoms with Crippen molar-refractivity contribution in [1.29, 1.82) is 0 Å². The van der Waals surface area contributed by atoms with Gasteiger partial charge in [-0.15, -0.1) is 0 Å². The molecule has 1 saturated heterocycles. The van der Waals surface area contributed by atoms with Crippen LogP contribution in [0.2, 0.25) is 0 Å². The fourth-order valence-electron chi connectivity index (χ4n) is 5.80. The molecule has 1 atom stereocenters. The van der Waals surface area contributed by atoms with Gasteiger partial charge in [0.25, 0.3) is 0 Å². The van der Waals surface area contributed by atoms with Gasteiger partial charge in [-0.05, 0) is 91.4 Å². The molecule has 4 aromatic rings. The summed E-state index contributed by atoms with van der Waals surface area (Å²) in [5.41, 5.74) is 7.27. The Hall–Kier alpha value is -4.24. The molecule has 0 saturated carbocycles. The van der Waals surface area contributed by atoms with Crippen molar-refractivity contribution in [2.75, 3.05) is 36.8 Å². The van der Waals surface area contributed by atoms with E-state index in [-0.39, 0.29) is 6.17 Å². The van der Waals surface area contributed by atoms with Crippen LogP contribution < -0.4 is 15.4 Å². The molecule has 1 aromatic heterocycles. The molecule has 0 aliphatic carbocycles. The summed E-state index contributed by atoms with van der Waals surface area (Å²) in [7, 11) is 0. The summed E-state index contributed by atoms with van der Waals surface area (Å²) in [5.74, 6) is 1.41. The van der Waals surface area contributed by atoms with Gasteiger partial charge in [-0.2, -0.15) is 0 Å². The highest BCUT2D eigenvalue weighted by Gasteiger charge is 2.18. The van der Waals surface area contributed by atoms with Crippen LogP contribution in [0.15, 0.2) is 101 Å². The van der Waals surface area contributed by atoms with Gasteiger partial charge in [-0.25, -0.2) is 15.0 Å². The van der Waals surface area contributed by atoms with Gasteiger partial charge < -0.3 is 15.4 Å². The number of anilines is 2. The third kappa shape index (κ3) is 8.69. The lowest BCUT2D eigenvalue weighted by Crippen LogP contribution is -2.45. The zero-order valence-electron chi connectivity index (χ0n) is 25.9. The number of hydrogen-bond acceptors (Lipinski definition) is 8. The normalized spacial score (nSPS) is 19.1. The van der Waals surface area contributed by atoms with Crippen LogP contribution in [-0.2, 0) is 25.9 Å². The number of piperazine rings is 1. The molecule has 0 radical (unpaired) electrons. The van der Waals surface area contributed by atoms with Crippen molar-refractivity contribution in [1.82, 2.24) is 19.8 Å². The first kappa shape index (κ1) is 30.8. The Bertz CT molecular complexity index is 1630. The summed E-state index contributed by atoms with van der Waals surface area (Å²) >= 11 is 6.64. The topological polar surface area (TPSA) is 77.9 Å². The van der Waals surface area contributed by atoms with Gasteiger partial charge >= 0.3 is 6.01 Å². The summed E-state index contributed by atoms with van der Waals surface area (Å²) in [6, 6.07) is 25.8. The molecule has 45 heavy (non-hydrogen) atoms. The Morgan fingerprint density at radius 1 is 0.844 bits per heavy atom. The maximum absolute atomic E-state index is 6.64. The first-order chi connectivity index (χ1) is 22.0. The summed E-state index contributed by atoms with van der Waals surface area (Å²) in [4.78, 5) is 18.2. The van der Waals surface area contributed by atoms with Crippen molar-refractivity contribution in [3.8, 4) is 11.8 Å². The minimum absolute atomic E-state index is 0.147. The van der Waals surface area contributed by atoms with E-state index in [1.54, 1.807) is 18.5 Å². The van der Waals surface area contributed by atoms with Gasteiger partial charge in [0.15, 0.2) is 0 Å². The molecule has 2 N–H and O–H groups in total. The predicted molar refractivity (Wildman–Crippen MR) is 183 cm³/mol. The molecule has 1 fully saturated rings. The number of nitrogens with zero attached hydrogens (tertiary/aromatic N) is 5. The fourth-order valence-corrected chi connectivity index (χ4v) is 5.89. The van der Waals surface area contributed by atoms with Crippen LogP contribution in [0.3, 0.4) is 0 Å². The number of benzene rings is 3. The first-order valence-corrected chi connectivity index (χ1v) is 16.0. The highest BCUT2D eigenvalue weighted by Crippen LogP contribution is 2.24. The zero-order chi connectivity index (χ0) is 31.0. The van der Waals surface area contributed by atoms with Gasteiger partial charge in [-0.3, -0.25) is 9.80 Å². The summed E-state index contributed by atoms with van der Waals surface area (Å²) in [6.07, 6.45) is 7.02. The average Bonchev–Trinajstić information content (AvgIpc) is 3.05. The second-order valence-corrected chi connectivity index (χ2v) is 12.0. The second-order valence-electron chi connectivity index (χ2n) is 11.6. The van der Waals surface area contributed by atoms with E-state index in [4.69, 9.17) is 21.3 Å². The van der Waals surface area contributed by atoms with Crippen molar-refractivity contribution in [2.45, 2.75) is 45.9 Å². The molecule has 0 amide bonds. The summed E-state index contributed by atoms with van der Waals surface area (Å²) < 4.78 is 5.74. The third-order valence-electron chi connectivity index (χ3n) is 8.07. The number of amidine groups is 1. The molecule has 3 aromatic carbocycles. The molecular formula is C36H40ClN7O. The molecule has 2 aliphatic rings. The molecule has 3 heterocycles. The van der Waals surface area contributed by atoms with Gasteiger partial charge in [-0.1, -0.05) is 48.0 Å². The van der Waals surface area contributed by atoms with E-state index in [1.165, 1.54) is 22.3 Å². The number of aromatic nitrogens is 2. The number of ether oxygens (including phenoxy) is 1. The average molecular weight is 622 g/mol. The third-order valence-corrected chi connectivity index (χ3v) is 8.47. The molecular weight excluding hydrogens is 582 g/mol. The zero-order valence-corrected chi connectivity index (χ0v) is 26.7. The van der Waals surface area contributed by atoms with Gasteiger partial charge in [0.1, 0.15) is 17.8 Å². The Morgan fingerprint density at radius 2 is 1.53 bits per heavy atom. The smallest absolute Gasteiger partial charge is 0.321 e. The van der Waals surface area contributed by atoms with Crippen LogP contribution >= 0.6 is 11.6 Å². The summed E-state index contributed by atoms with van der Waals surface area (Å²) in [5, 5.41) is 7.64. The standard InChI is InChI=1S/C36H40ClN7O/c1-3-34(37)35-41-26(2)40-31-7-4-6-27(21-31)8-9-29-20-30(23-32(22-29)42-35)25-44-18-16-43(17-19-44)24-28-10-12-33(13-11-28)45-36-38-14-5-15-39-36/h3-7,10-15,20-23,26,40H,8-9,16-19,24-25H2,1-2H3,(H,41,42)/b34-3+. The number of aryl methyl sites for hydroxylation is 2. The molecule has 1 unspecified atom stereocenters. The second kappa shape index (κ2) is 14.7. The molecule has 232 valence electrons. The quantitative estimate of drug-likeness (QED) is 0.228. The van der Waals surface area contributed by atoms with E-state index >= 15 is 0 Å². The summed E-state index contributed by atoms with van der Waals surface area (Å²) in [6.45, 7) is 9.88. The number of hydrogen-bond donors (Lipinski definition) is 2. The van der Waals surface area contributed by atoms with Gasteiger partial charge in [0, 0.05) is 63.0 Å². The highest BCUT2D eigenvalue weighted by atomic mass is 35.5. The van der Waals surface area contributed by atoms with E-state index in [9.17, 15) is 0 Å². The van der Waals surface area contributed by atoms with E-state index in [2.05, 4.69) is 85.0 Å². The number of halogens is 1. The number of nitrogens with one attached hydrogen (secondary N) is 2. The minimum Gasteiger partial charge on any atom is -0.424 e. The van der Waals surface area contributed by atoms with Crippen LogP contribution in [0.25, 0.3) is 0 Å². The van der Waals surface area contributed by atoms with Gasteiger partial charge in [0.05, 0.1) is 5.03 Å². The lowest BCUT2D eigenvalue weighted by molar-refractivity contribution is 0.122. The Labute approximate surface area is 270 Å². The molecule has 4 bridgehead atoms. The van der Waals surface area contributed by atoms with E-state index in [1.807, 2.05) is 32.1 Å². The monoisotopic (exact) mass is 621 g/mol. The molecule has 2 aliphatic heterocycles. The number of rotatable bonds is 7. The van der Waals surface area contributed by atoms with Crippen molar-refractivity contribution >= 4 is 28.8 Å². The van der Waals surface area contributed by atoms with Crippen molar-refractivity contribution in [3.05, 3.63) is 119 Å². The van der Waals surface area contributed by atoms with Crippen LogP contribution in [0, 0.1) is 0 Å². The Balaban J connectivity index is 1.10.